The van der Waals surface area contributed by atoms with Crippen molar-refractivity contribution in [3.05, 3.63) is 75.4 Å². The number of carbonyl (C=O) groups excluding carboxylic acids is 1. The largest absolute Gasteiger partial charge is 0.872 e. The van der Waals surface area contributed by atoms with Crippen LogP contribution >= 0.6 is 0 Å². The predicted molar refractivity (Wildman–Crippen MR) is 85.1 cm³/mol. The number of ketones is 1. The number of alkyl halides is 12. The Hall–Kier alpha value is -3.33. The molecule has 192 valence electrons. The summed E-state index contributed by atoms with van der Waals surface area (Å²) in [6.45, 7) is 0. The number of carbonyl (C=O) groups is 1. The Labute approximate surface area is 184 Å². The van der Waals surface area contributed by atoms with Crippen LogP contribution in [0.15, 0.2) is 30.3 Å². The van der Waals surface area contributed by atoms with Crippen molar-refractivity contribution >= 4 is 11.5 Å². The molecule has 2 nitrogen and oxygen atoms in total. The van der Waals surface area contributed by atoms with Crippen LogP contribution in [0.25, 0.3) is 5.76 Å². The van der Waals surface area contributed by atoms with Gasteiger partial charge in [0.15, 0.2) is 5.78 Å². The molecule has 0 spiro atoms. The highest BCUT2D eigenvalue weighted by Gasteiger charge is 2.45. The molecule has 35 heavy (non-hydrogen) atoms. The van der Waals surface area contributed by atoms with Crippen LogP contribution in [-0.2, 0) is 24.7 Å². The Kier molecular flexibility index (Phi) is 6.95. The van der Waals surface area contributed by atoms with Crippen LogP contribution in [0, 0.1) is 11.6 Å². The van der Waals surface area contributed by atoms with Gasteiger partial charge >= 0.3 is 24.7 Å². The third-order valence-corrected chi connectivity index (χ3v) is 4.23. The summed E-state index contributed by atoms with van der Waals surface area (Å²) in [5.41, 5.74) is -13.8. The summed E-state index contributed by atoms with van der Waals surface area (Å²) in [5, 5.41) is 12.0. The maximum Gasteiger partial charge on any atom is 0.417 e. The van der Waals surface area contributed by atoms with Gasteiger partial charge in [0, 0.05) is 5.56 Å². The average Bonchev–Trinajstić information content (AvgIpc) is 2.63. The van der Waals surface area contributed by atoms with Crippen molar-refractivity contribution in [2.45, 2.75) is 24.7 Å². The summed E-state index contributed by atoms with van der Waals surface area (Å²) in [6, 6.07) is -2.72. The SMILES string of the molecule is O=C(/C=C(\[O-])c1cc(C(F)(F)F)c(C(F)(F)F)cc1F)c1cc(C(F)(F)F)c(C(F)(F)F)cc1F. The Balaban J connectivity index is 2.68. The molecule has 0 amide bonds. The minimum atomic E-state index is -5.79. The van der Waals surface area contributed by atoms with E-state index >= 15 is 0 Å². The standard InChI is InChI=1S/C19H6F14O2/c20-12-3-10(18(28,29)30)8(16(22,23)24)1-6(12)14(34)5-15(35)7-2-9(17(25,26)27)11(4-13(7)21)19(31,32)33/h1-5,34H/p-1/b14-5-. The molecule has 0 aliphatic rings. The lowest BCUT2D eigenvalue weighted by Crippen LogP contribution is -2.20. The third-order valence-electron chi connectivity index (χ3n) is 4.23. The Bertz CT molecular complexity index is 1180. The first-order valence-corrected chi connectivity index (χ1v) is 8.44. The Morgan fingerprint density at radius 3 is 1.20 bits per heavy atom. The minimum Gasteiger partial charge on any atom is -0.872 e. The molecule has 0 bridgehead atoms. The molecule has 0 unspecified atom stereocenters. The minimum absolute atomic E-state index is 0.488. The molecule has 0 radical (unpaired) electrons. The van der Waals surface area contributed by atoms with Gasteiger partial charge in [-0.3, -0.25) is 4.79 Å². The number of rotatable bonds is 3. The second-order valence-corrected chi connectivity index (χ2v) is 6.62. The molecule has 0 atom stereocenters. The van der Waals surface area contributed by atoms with E-state index in [1.54, 1.807) is 0 Å². The Morgan fingerprint density at radius 1 is 0.571 bits per heavy atom. The highest BCUT2D eigenvalue weighted by Crippen LogP contribution is 2.43. The van der Waals surface area contributed by atoms with E-state index in [1.165, 1.54) is 0 Å². The highest BCUT2D eigenvalue weighted by molar-refractivity contribution is 6.08. The van der Waals surface area contributed by atoms with Crippen LogP contribution in [0.5, 0.6) is 0 Å². The molecule has 0 fully saturated rings. The first-order chi connectivity index (χ1) is 15.5. The topological polar surface area (TPSA) is 40.1 Å². The Morgan fingerprint density at radius 2 is 0.857 bits per heavy atom. The van der Waals surface area contributed by atoms with Gasteiger partial charge in [-0.1, -0.05) is 5.76 Å². The number of hydrogen-bond acceptors (Lipinski definition) is 2. The van der Waals surface area contributed by atoms with Crippen LogP contribution in [0.1, 0.15) is 38.2 Å². The van der Waals surface area contributed by atoms with Crippen molar-refractivity contribution in [3.63, 3.8) is 0 Å². The second-order valence-electron chi connectivity index (χ2n) is 6.62. The van der Waals surface area contributed by atoms with Gasteiger partial charge in [0.05, 0.1) is 27.8 Å². The zero-order chi connectivity index (χ0) is 27.3. The van der Waals surface area contributed by atoms with Gasteiger partial charge in [-0.2, -0.15) is 52.7 Å². The number of allylic oxidation sites excluding steroid dienone is 1. The highest BCUT2D eigenvalue weighted by atomic mass is 19.4. The molecule has 0 heterocycles. The molecule has 0 N–H and O–H groups in total. The van der Waals surface area contributed by atoms with E-state index in [2.05, 4.69) is 0 Å². The lowest BCUT2D eigenvalue weighted by Gasteiger charge is -2.20. The van der Waals surface area contributed by atoms with Crippen LogP contribution in [0.2, 0.25) is 0 Å². The normalized spacial score (nSPS) is 13.8. The monoisotopic (exact) mass is 531 g/mol. The lowest BCUT2D eigenvalue weighted by atomic mass is 9.98. The second kappa shape index (κ2) is 8.71. The fourth-order valence-electron chi connectivity index (χ4n) is 2.74. The van der Waals surface area contributed by atoms with Gasteiger partial charge in [-0.25, -0.2) is 8.78 Å². The molecular weight excluding hydrogens is 526 g/mol. The summed E-state index contributed by atoms with van der Waals surface area (Å²) in [4.78, 5) is 12.0. The molecule has 2 aromatic rings. The smallest absolute Gasteiger partial charge is 0.417 e. The van der Waals surface area contributed by atoms with Crippen LogP contribution in [-0.4, -0.2) is 5.78 Å². The molecule has 16 heteroatoms. The van der Waals surface area contributed by atoms with Gasteiger partial charge in [0.2, 0.25) is 0 Å². The lowest BCUT2D eigenvalue weighted by molar-refractivity contribution is -0.244. The molecule has 0 aliphatic carbocycles. The van der Waals surface area contributed by atoms with Crippen LogP contribution < -0.4 is 5.11 Å². The number of benzene rings is 2. The van der Waals surface area contributed by atoms with E-state index in [9.17, 15) is 71.4 Å². The van der Waals surface area contributed by atoms with E-state index < -0.39 is 112 Å². The fourth-order valence-corrected chi connectivity index (χ4v) is 2.74. The summed E-state index contributed by atoms with van der Waals surface area (Å²) in [5.74, 6) is -8.74. The summed E-state index contributed by atoms with van der Waals surface area (Å²) in [6.07, 6.45) is -23.6. The molecular formula is C19H5F14O2-. The molecule has 0 saturated heterocycles. The van der Waals surface area contributed by atoms with E-state index in [0.717, 1.165) is 0 Å². The molecule has 2 aromatic carbocycles. The first-order valence-electron chi connectivity index (χ1n) is 8.44. The van der Waals surface area contributed by atoms with Crippen molar-refractivity contribution < 1.29 is 71.4 Å². The fraction of sp³-hybridized carbons (Fsp3) is 0.211. The summed E-state index contributed by atoms with van der Waals surface area (Å²) < 4.78 is 182. The van der Waals surface area contributed by atoms with E-state index in [1.807, 2.05) is 0 Å². The van der Waals surface area contributed by atoms with Gasteiger partial charge in [-0.05, 0) is 30.3 Å². The van der Waals surface area contributed by atoms with Crippen molar-refractivity contribution in [1.82, 2.24) is 0 Å². The predicted octanol–water partition coefficient (Wildman–Crippen LogP) is 6.62. The summed E-state index contributed by atoms with van der Waals surface area (Å²) in [7, 11) is 0. The van der Waals surface area contributed by atoms with Crippen molar-refractivity contribution in [2.75, 3.05) is 0 Å². The molecule has 0 aromatic heterocycles. The zero-order valence-corrected chi connectivity index (χ0v) is 16.0. The van der Waals surface area contributed by atoms with Gasteiger partial charge < -0.3 is 5.11 Å². The van der Waals surface area contributed by atoms with Gasteiger partial charge in [0.1, 0.15) is 11.6 Å². The van der Waals surface area contributed by atoms with Crippen molar-refractivity contribution in [3.8, 4) is 0 Å². The van der Waals surface area contributed by atoms with E-state index in [4.69, 9.17) is 0 Å². The number of halogens is 14. The quantitative estimate of drug-likeness (QED) is 0.193. The summed E-state index contributed by atoms with van der Waals surface area (Å²) >= 11 is 0. The van der Waals surface area contributed by atoms with E-state index in [-0.39, 0.29) is 0 Å². The molecule has 2 rings (SSSR count). The van der Waals surface area contributed by atoms with E-state index in [0.29, 0.717) is 0 Å². The molecule has 0 saturated carbocycles. The maximum absolute atomic E-state index is 14.0. The first kappa shape index (κ1) is 27.9. The van der Waals surface area contributed by atoms with Crippen LogP contribution in [0.3, 0.4) is 0 Å². The molecule has 0 aliphatic heterocycles. The van der Waals surface area contributed by atoms with Crippen molar-refractivity contribution in [2.24, 2.45) is 0 Å². The average molecular weight is 531 g/mol. The van der Waals surface area contributed by atoms with Crippen molar-refractivity contribution in [1.29, 1.82) is 0 Å². The van der Waals surface area contributed by atoms with Gasteiger partial charge in [-0.15, -0.1) is 0 Å². The number of hydrogen-bond donors (Lipinski definition) is 0. The zero-order valence-electron chi connectivity index (χ0n) is 16.0. The third kappa shape index (κ3) is 6.03. The van der Waals surface area contributed by atoms with Gasteiger partial charge in [0.25, 0.3) is 0 Å². The maximum atomic E-state index is 14.0. The van der Waals surface area contributed by atoms with Crippen LogP contribution in [0.4, 0.5) is 61.5 Å².